The van der Waals surface area contributed by atoms with Crippen LogP contribution in [0.5, 0.6) is 0 Å². The average molecular weight is 548 g/mol. The maximum atomic E-state index is 14.2. The Morgan fingerprint density at radius 3 is 2.16 bits per heavy atom. The van der Waals surface area contributed by atoms with Crippen molar-refractivity contribution in [1.29, 1.82) is 0 Å². The van der Waals surface area contributed by atoms with Crippen LogP contribution >= 0.6 is 12.6 Å². The van der Waals surface area contributed by atoms with Gasteiger partial charge in [0.2, 0.25) is 11.8 Å². The van der Waals surface area contributed by atoms with E-state index in [1.807, 2.05) is 38.1 Å². The zero-order valence-electron chi connectivity index (χ0n) is 24.4. The molecule has 0 aliphatic heterocycles. The fourth-order valence-corrected chi connectivity index (χ4v) is 5.09. The molecule has 38 heavy (non-hydrogen) atoms. The number of hydrogen-bond acceptors (Lipinski definition) is 5. The maximum absolute atomic E-state index is 14.2. The number of benzene rings is 1. The van der Waals surface area contributed by atoms with Crippen LogP contribution in [0.3, 0.4) is 0 Å². The second-order valence-electron chi connectivity index (χ2n) is 12.1. The van der Waals surface area contributed by atoms with Crippen molar-refractivity contribution in [3.05, 3.63) is 35.4 Å². The van der Waals surface area contributed by atoms with Gasteiger partial charge in [-0.2, -0.15) is 12.6 Å². The molecule has 1 aromatic carbocycles. The van der Waals surface area contributed by atoms with E-state index in [1.54, 1.807) is 25.7 Å². The summed E-state index contributed by atoms with van der Waals surface area (Å²) in [5, 5.41) is 5.95. The summed E-state index contributed by atoms with van der Waals surface area (Å²) in [6.07, 6.45) is 6.22. The third kappa shape index (κ3) is 10.2. The van der Waals surface area contributed by atoms with Gasteiger partial charge in [-0.1, -0.05) is 62.9 Å². The van der Waals surface area contributed by atoms with Crippen LogP contribution in [-0.4, -0.2) is 52.3 Å². The molecular weight excluding hydrogens is 498 g/mol. The van der Waals surface area contributed by atoms with Gasteiger partial charge in [-0.05, 0) is 71.8 Å². The van der Waals surface area contributed by atoms with E-state index in [0.717, 1.165) is 49.7 Å². The average Bonchev–Trinajstić information content (AvgIpc) is 2.84. The smallest absolute Gasteiger partial charge is 0.408 e. The highest BCUT2D eigenvalue weighted by molar-refractivity contribution is 7.80. The van der Waals surface area contributed by atoms with Crippen molar-refractivity contribution in [2.45, 2.75) is 123 Å². The van der Waals surface area contributed by atoms with Crippen molar-refractivity contribution in [3.8, 4) is 0 Å². The van der Waals surface area contributed by atoms with Crippen LogP contribution in [0, 0.1) is 12.8 Å². The summed E-state index contributed by atoms with van der Waals surface area (Å²) in [6.45, 7) is 13.6. The van der Waals surface area contributed by atoms with E-state index in [1.165, 1.54) is 6.42 Å². The van der Waals surface area contributed by atoms with Crippen molar-refractivity contribution in [1.82, 2.24) is 15.5 Å². The summed E-state index contributed by atoms with van der Waals surface area (Å²) in [6, 6.07) is 5.88. The summed E-state index contributed by atoms with van der Waals surface area (Å²) in [5.41, 5.74) is 1.12. The molecule has 0 spiro atoms. The largest absolute Gasteiger partial charge is 0.444 e. The van der Waals surface area contributed by atoms with Gasteiger partial charge in [-0.25, -0.2) is 4.79 Å². The van der Waals surface area contributed by atoms with E-state index in [9.17, 15) is 14.4 Å². The number of nitrogens with one attached hydrogen (secondary N) is 2. The van der Waals surface area contributed by atoms with Crippen molar-refractivity contribution in [2.75, 3.05) is 5.75 Å². The highest BCUT2D eigenvalue weighted by Gasteiger charge is 2.39. The molecule has 0 bridgehead atoms. The van der Waals surface area contributed by atoms with E-state index < -0.39 is 23.8 Å². The summed E-state index contributed by atoms with van der Waals surface area (Å²) in [5.74, 6) is 0.00657. The van der Waals surface area contributed by atoms with E-state index in [4.69, 9.17) is 4.74 Å². The number of amides is 3. The third-order valence-corrected chi connectivity index (χ3v) is 7.30. The Hall–Kier alpha value is -2.22. The highest BCUT2D eigenvalue weighted by Crippen LogP contribution is 2.29. The predicted octanol–water partition coefficient (Wildman–Crippen LogP) is 5.96. The van der Waals surface area contributed by atoms with Crippen molar-refractivity contribution < 1.29 is 19.1 Å². The molecule has 214 valence electrons. The monoisotopic (exact) mass is 547 g/mol. The van der Waals surface area contributed by atoms with Gasteiger partial charge in [0.05, 0.1) is 0 Å². The number of carbonyl (C=O) groups is 3. The Bertz CT molecular complexity index is 907. The first-order valence-electron chi connectivity index (χ1n) is 14.1. The Kier molecular flexibility index (Phi) is 12.5. The lowest BCUT2D eigenvalue weighted by Crippen LogP contribution is -2.57. The van der Waals surface area contributed by atoms with Crippen LogP contribution in [0.4, 0.5) is 4.79 Å². The van der Waals surface area contributed by atoms with Crippen LogP contribution in [-0.2, 0) is 14.3 Å². The molecule has 1 aliphatic carbocycles. The van der Waals surface area contributed by atoms with Crippen molar-refractivity contribution in [3.63, 3.8) is 0 Å². The standard InChI is InChI=1S/C30H49N3O4S/c1-20(2)13-16-22(4)33(28(35)25(19-38)32-29(36)37-30(5,6)7)26(23-17-14-21(3)15-18-23)27(34)31-24-11-9-8-10-12-24/h14-15,17-18,20,22,24-26,38H,8-13,16,19H2,1-7H3,(H,31,34)(H,32,36). The Balaban J connectivity index is 2.47. The number of hydrogen-bond donors (Lipinski definition) is 3. The fraction of sp³-hybridized carbons (Fsp3) is 0.700. The molecule has 8 heteroatoms. The molecule has 0 radical (unpaired) electrons. The first kappa shape index (κ1) is 32.0. The Morgan fingerprint density at radius 1 is 1.03 bits per heavy atom. The van der Waals surface area contributed by atoms with Gasteiger partial charge in [0.1, 0.15) is 17.7 Å². The molecule has 0 aromatic heterocycles. The second kappa shape index (κ2) is 14.8. The SMILES string of the molecule is Cc1ccc(C(C(=O)NC2CCCCC2)N(C(=O)C(CS)NC(=O)OC(C)(C)C)C(C)CCC(C)C)cc1. The van der Waals surface area contributed by atoms with Crippen LogP contribution in [0.1, 0.15) is 104 Å². The van der Waals surface area contributed by atoms with E-state index in [0.29, 0.717) is 5.92 Å². The Labute approximate surface area is 235 Å². The third-order valence-electron chi connectivity index (χ3n) is 6.93. The number of alkyl carbamates (subject to hydrolysis) is 1. The molecule has 1 saturated carbocycles. The summed E-state index contributed by atoms with van der Waals surface area (Å²) in [4.78, 5) is 42.4. The number of ether oxygens (including phenoxy) is 1. The molecule has 2 N–H and O–H groups in total. The van der Waals surface area contributed by atoms with E-state index in [-0.39, 0.29) is 29.7 Å². The van der Waals surface area contributed by atoms with E-state index in [2.05, 4.69) is 37.1 Å². The predicted molar refractivity (Wildman–Crippen MR) is 156 cm³/mol. The minimum atomic E-state index is -0.940. The summed E-state index contributed by atoms with van der Waals surface area (Å²) >= 11 is 4.40. The summed E-state index contributed by atoms with van der Waals surface area (Å²) in [7, 11) is 0. The quantitative estimate of drug-likeness (QED) is 0.298. The van der Waals surface area contributed by atoms with E-state index >= 15 is 0 Å². The molecule has 0 heterocycles. The lowest BCUT2D eigenvalue weighted by Gasteiger charge is -2.39. The number of rotatable bonds is 11. The second-order valence-corrected chi connectivity index (χ2v) is 12.5. The topological polar surface area (TPSA) is 87.7 Å². The zero-order chi connectivity index (χ0) is 28.5. The van der Waals surface area contributed by atoms with Gasteiger partial charge >= 0.3 is 6.09 Å². The lowest BCUT2D eigenvalue weighted by molar-refractivity contribution is -0.145. The molecule has 1 aromatic rings. The first-order chi connectivity index (χ1) is 17.8. The molecular formula is C30H49N3O4S. The zero-order valence-corrected chi connectivity index (χ0v) is 25.3. The van der Waals surface area contributed by atoms with Gasteiger partial charge in [0.15, 0.2) is 0 Å². The minimum absolute atomic E-state index is 0.0797. The molecule has 3 amide bonds. The lowest BCUT2D eigenvalue weighted by atomic mass is 9.93. The Morgan fingerprint density at radius 2 is 1.63 bits per heavy atom. The van der Waals surface area contributed by atoms with Crippen molar-refractivity contribution >= 4 is 30.5 Å². The van der Waals surface area contributed by atoms with Crippen LogP contribution in [0.25, 0.3) is 0 Å². The molecule has 3 unspecified atom stereocenters. The molecule has 0 saturated heterocycles. The molecule has 2 rings (SSSR count). The molecule has 7 nitrogen and oxygen atoms in total. The van der Waals surface area contributed by atoms with Crippen LogP contribution in [0.15, 0.2) is 24.3 Å². The van der Waals surface area contributed by atoms with Gasteiger partial charge in [-0.3, -0.25) is 9.59 Å². The maximum Gasteiger partial charge on any atom is 0.408 e. The number of nitrogens with zero attached hydrogens (tertiary/aromatic N) is 1. The van der Waals surface area contributed by atoms with Gasteiger partial charge in [-0.15, -0.1) is 0 Å². The summed E-state index contributed by atoms with van der Waals surface area (Å²) < 4.78 is 5.41. The fourth-order valence-electron chi connectivity index (χ4n) is 4.84. The molecule has 3 atom stereocenters. The van der Waals surface area contributed by atoms with Crippen LogP contribution in [0.2, 0.25) is 0 Å². The number of aryl methyl sites for hydroxylation is 1. The van der Waals surface area contributed by atoms with Gasteiger partial charge < -0.3 is 20.3 Å². The molecule has 1 fully saturated rings. The first-order valence-corrected chi connectivity index (χ1v) is 14.7. The van der Waals surface area contributed by atoms with Gasteiger partial charge in [0.25, 0.3) is 0 Å². The van der Waals surface area contributed by atoms with Crippen LogP contribution < -0.4 is 10.6 Å². The normalized spacial score (nSPS) is 16.9. The molecule has 1 aliphatic rings. The van der Waals surface area contributed by atoms with Crippen molar-refractivity contribution in [2.24, 2.45) is 5.92 Å². The minimum Gasteiger partial charge on any atom is -0.444 e. The highest BCUT2D eigenvalue weighted by atomic mass is 32.1. The number of carbonyl (C=O) groups excluding carboxylic acids is 3. The van der Waals surface area contributed by atoms with Gasteiger partial charge in [0, 0.05) is 17.8 Å². The number of thiol groups is 1.